The maximum Gasteiger partial charge on any atom is 0.142 e. The van der Waals surface area contributed by atoms with Gasteiger partial charge < -0.3 is 15.0 Å². The zero-order valence-electron chi connectivity index (χ0n) is 11.9. The van der Waals surface area contributed by atoms with Crippen molar-refractivity contribution < 1.29 is 4.74 Å². The topological polar surface area (TPSA) is 24.5 Å². The van der Waals surface area contributed by atoms with Gasteiger partial charge in [-0.2, -0.15) is 0 Å². The first-order valence-electron chi connectivity index (χ1n) is 6.70. The van der Waals surface area contributed by atoms with Crippen LogP contribution in [0.1, 0.15) is 18.9 Å². The van der Waals surface area contributed by atoms with Crippen molar-refractivity contribution in [2.75, 3.05) is 32.6 Å². The van der Waals surface area contributed by atoms with Gasteiger partial charge in [0, 0.05) is 12.6 Å². The predicted molar refractivity (Wildman–Crippen MR) is 76.4 cm³/mol. The fraction of sp³-hybridized carbons (Fsp3) is 0.600. The Hall–Kier alpha value is -1.22. The number of hydrogen-bond acceptors (Lipinski definition) is 3. The predicted octanol–water partition coefficient (Wildman–Crippen LogP) is 2.76. The molecule has 1 aliphatic heterocycles. The van der Waals surface area contributed by atoms with Crippen LogP contribution in [0.15, 0.2) is 18.2 Å². The standard InChI is InChI=1S/C15H24N2O/c1-11-5-6-14(15(9-11)18-4)16-13-7-8-17(3)10-12(13)2/h5-6,9,12-13,16H,7-8,10H2,1-4H3/t12-,13+/m0/s1. The fourth-order valence-electron chi connectivity index (χ4n) is 2.69. The van der Waals surface area contributed by atoms with E-state index < -0.39 is 0 Å². The van der Waals surface area contributed by atoms with Crippen LogP contribution in [0.4, 0.5) is 5.69 Å². The van der Waals surface area contributed by atoms with Crippen molar-refractivity contribution in [1.82, 2.24) is 4.90 Å². The molecule has 0 aliphatic carbocycles. The summed E-state index contributed by atoms with van der Waals surface area (Å²) < 4.78 is 5.45. The quantitative estimate of drug-likeness (QED) is 0.890. The Balaban J connectivity index is 2.09. The number of rotatable bonds is 3. The minimum absolute atomic E-state index is 0.540. The lowest BCUT2D eigenvalue weighted by Crippen LogP contribution is -2.43. The van der Waals surface area contributed by atoms with Crippen molar-refractivity contribution in [2.45, 2.75) is 26.3 Å². The number of nitrogens with zero attached hydrogens (tertiary/aromatic N) is 1. The van der Waals surface area contributed by atoms with Crippen LogP contribution in [0, 0.1) is 12.8 Å². The largest absolute Gasteiger partial charge is 0.495 e. The second-order valence-electron chi connectivity index (χ2n) is 5.48. The molecule has 1 fully saturated rings. The number of benzene rings is 1. The third-order valence-corrected chi connectivity index (χ3v) is 3.81. The average Bonchev–Trinajstić information content (AvgIpc) is 2.34. The van der Waals surface area contributed by atoms with Gasteiger partial charge in [0.1, 0.15) is 5.75 Å². The van der Waals surface area contributed by atoms with E-state index in [0.29, 0.717) is 12.0 Å². The van der Waals surface area contributed by atoms with E-state index >= 15 is 0 Å². The number of likely N-dealkylation sites (tertiary alicyclic amines) is 1. The van der Waals surface area contributed by atoms with E-state index in [1.54, 1.807) is 7.11 Å². The summed E-state index contributed by atoms with van der Waals surface area (Å²) in [5.41, 5.74) is 2.35. The number of ether oxygens (including phenoxy) is 1. The van der Waals surface area contributed by atoms with Crippen LogP contribution in [0.25, 0.3) is 0 Å². The molecular weight excluding hydrogens is 224 g/mol. The maximum atomic E-state index is 5.45. The van der Waals surface area contributed by atoms with Crippen LogP contribution in [0.2, 0.25) is 0 Å². The molecule has 3 heteroatoms. The lowest BCUT2D eigenvalue weighted by atomic mass is 9.94. The summed E-state index contributed by atoms with van der Waals surface area (Å²) in [7, 11) is 3.93. The maximum absolute atomic E-state index is 5.45. The van der Waals surface area contributed by atoms with Gasteiger partial charge in [-0.15, -0.1) is 0 Å². The Morgan fingerprint density at radius 1 is 1.39 bits per heavy atom. The molecule has 1 aromatic carbocycles. The second kappa shape index (κ2) is 5.61. The molecule has 1 aliphatic rings. The summed E-state index contributed by atoms with van der Waals surface area (Å²) in [5.74, 6) is 1.61. The Labute approximate surface area is 110 Å². The molecule has 2 atom stereocenters. The molecule has 0 radical (unpaired) electrons. The van der Waals surface area contributed by atoms with Gasteiger partial charge in [-0.1, -0.05) is 13.0 Å². The molecule has 0 unspecified atom stereocenters. The lowest BCUT2D eigenvalue weighted by molar-refractivity contribution is 0.206. The van der Waals surface area contributed by atoms with E-state index in [1.165, 1.54) is 12.0 Å². The summed E-state index contributed by atoms with van der Waals surface area (Å²) in [6, 6.07) is 6.88. The van der Waals surface area contributed by atoms with Gasteiger partial charge in [-0.3, -0.25) is 0 Å². The fourth-order valence-corrected chi connectivity index (χ4v) is 2.69. The zero-order chi connectivity index (χ0) is 13.1. The highest BCUT2D eigenvalue weighted by Crippen LogP contribution is 2.28. The van der Waals surface area contributed by atoms with Crippen molar-refractivity contribution >= 4 is 5.69 Å². The van der Waals surface area contributed by atoms with Gasteiger partial charge in [-0.05, 0) is 50.6 Å². The Kier molecular flexibility index (Phi) is 4.12. The van der Waals surface area contributed by atoms with Gasteiger partial charge in [0.25, 0.3) is 0 Å². The molecule has 1 aromatic rings. The number of methoxy groups -OCH3 is 1. The molecule has 1 heterocycles. The van der Waals surface area contributed by atoms with E-state index in [9.17, 15) is 0 Å². The molecule has 1 N–H and O–H groups in total. The number of nitrogens with one attached hydrogen (secondary N) is 1. The Morgan fingerprint density at radius 3 is 2.83 bits per heavy atom. The summed E-state index contributed by atoms with van der Waals surface area (Å²) in [5, 5.41) is 3.65. The molecule has 100 valence electrons. The minimum atomic E-state index is 0.540. The molecule has 0 bridgehead atoms. The molecule has 0 saturated carbocycles. The molecule has 3 nitrogen and oxygen atoms in total. The molecular formula is C15H24N2O. The number of aryl methyl sites for hydroxylation is 1. The number of piperidine rings is 1. The molecule has 0 aromatic heterocycles. The average molecular weight is 248 g/mol. The first kappa shape index (κ1) is 13.2. The van der Waals surface area contributed by atoms with E-state index in [2.05, 4.69) is 49.3 Å². The number of hydrogen-bond donors (Lipinski definition) is 1. The molecule has 0 amide bonds. The highest BCUT2D eigenvalue weighted by molar-refractivity contribution is 5.58. The van der Waals surface area contributed by atoms with E-state index in [1.807, 2.05) is 0 Å². The van der Waals surface area contributed by atoms with E-state index in [4.69, 9.17) is 4.74 Å². The number of anilines is 1. The van der Waals surface area contributed by atoms with Crippen LogP contribution >= 0.6 is 0 Å². The lowest BCUT2D eigenvalue weighted by Gasteiger charge is -2.36. The van der Waals surface area contributed by atoms with Crippen LogP contribution in [0.5, 0.6) is 5.75 Å². The summed E-state index contributed by atoms with van der Waals surface area (Å²) in [4.78, 5) is 2.40. The Morgan fingerprint density at radius 2 is 2.17 bits per heavy atom. The zero-order valence-corrected chi connectivity index (χ0v) is 11.9. The summed E-state index contributed by atoms with van der Waals surface area (Å²) in [6.45, 7) is 6.72. The van der Waals surface area contributed by atoms with Gasteiger partial charge in [0.15, 0.2) is 0 Å². The van der Waals surface area contributed by atoms with Crippen LogP contribution in [0.3, 0.4) is 0 Å². The van der Waals surface area contributed by atoms with Gasteiger partial charge in [-0.25, -0.2) is 0 Å². The van der Waals surface area contributed by atoms with Crippen molar-refractivity contribution in [3.63, 3.8) is 0 Å². The first-order valence-corrected chi connectivity index (χ1v) is 6.70. The molecule has 2 rings (SSSR count). The second-order valence-corrected chi connectivity index (χ2v) is 5.48. The summed E-state index contributed by atoms with van der Waals surface area (Å²) in [6.07, 6.45) is 1.19. The third kappa shape index (κ3) is 2.96. The monoisotopic (exact) mass is 248 g/mol. The van der Waals surface area contributed by atoms with E-state index in [-0.39, 0.29) is 0 Å². The molecule has 0 spiro atoms. The Bertz CT molecular complexity index is 405. The van der Waals surface area contributed by atoms with E-state index in [0.717, 1.165) is 24.5 Å². The SMILES string of the molecule is COc1cc(C)ccc1N[C@@H]1CCN(C)C[C@@H]1C. The summed E-state index contributed by atoms with van der Waals surface area (Å²) >= 11 is 0. The third-order valence-electron chi connectivity index (χ3n) is 3.81. The minimum Gasteiger partial charge on any atom is -0.495 e. The highest BCUT2D eigenvalue weighted by atomic mass is 16.5. The van der Waals surface area contributed by atoms with Crippen molar-refractivity contribution in [1.29, 1.82) is 0 Å². The van der Waals surface area contributed by atoms with Gasteiger partial charge in [0.2, 0.25) is 0 Å². The first-order chi connectivity index (χ1) is 8.60. The van der Waals surface area contributed by atoms with Gasteiger partial charge >= 0.3 is 0 Å². The van der Waals surface area contributed by atoms with Crippen molar-refractivity contribution in [3.05, 3.63) is 23.8 Å². The van der Waals surface area contributed by atoms with Crippen molar-refractivity contribution in [2.24, 2.45) is 5.92 Å². The van der Waals surface area contributed by atoms with Gasteiger partial charge in [0.05, 0.1) is 12.8 Å². The van der Waals surface area contributed by atoms with Crippen LogP contribution < -0.4 is 10.1 Å². The normalized spacial score (nSPS) is 24.9. The van der Waals surface area contributed by atoms with Crippen LogP contribution in [-0.4, -0.2) is 38.2 Å². The highest BCUT2D eigenvalue weighted by Gasteiger charge is 2.24. The van der Waals surface area contributed by atoms with Crippen molar-refractivity contribution in [3.8, 4) is 5.75 Å². The van der Waals surface area contributed by atoms with Crippen LogP contribution in [-0.2, 0) is 0 Å². The smallest absolute Gasteiger partial charge is 0.142 e. The molecule has 18 heavy (non-hydrogen) atoms. The molecule has 1 saturated heterocycles.